The molecule has 0 radical (unpaired) electrons. The molecule has 0 aliphatic carbocycles. The van der Waals surface area contributed by atoms with E-state index in [-0.39, 0.29) is 0 Å². The predicted molar refractivity (Wildman–Crippen MR) is 129 cm³/mol. The topological polar surface area (TPSA) is 28.2 Å². The van der Waals surface area contributed by atoms with E-state index in [9.17, 15) is 0 Å². The van der Waals surface area contributed by atoms with Crippen molar-refractivity contribution in [2.24, 2.45) is 0 Å². The Morgan fingerprint density at radius 1 is 0.839 bits per heavy atom. The van der Waals surface area contributed by atoms with Gasteiger partial charge in [-0.1, -0.05) is 35.5 Å². The van der Waals surface area contributed by atoms with Crippen molar-refractivity contribution in [1.29, 1.82) is 0 Å². The number of fused-ring (bicyclic) bond motifs is 2. The van der Waals surface area contributed by atoms with Crippen LogP contribution < -0.4 is 4.90 Å². The molecule has 5 nitrogen and oxygen atoms in total. The van der Waals surface area contributed by atoms with Gasteiger partial charge in [-0.25, -0.2) is 0 Å². The lowest BCUT2D eigenvalue weighted by Crippen LogP contribution is -2.47. The number of ether oxygens (including phenoxy) is 2. The summed E-state index contributed by atoms with van der Waals surface area (Å²) in [5.41, 5.74) is 2.52. The fourth-order valence-electron chi connectivity index (χ4n) is 4.17. The lowest BCUT2D eigenvalue weighted by molar-refractivity contribution is 0.0461. The van der Waals surface area contributed by atoms with E-state index in [4.69, 9.17) is 21.1 Å². The summed E-state index contributed by atoms with van der Waals surface area (Å²) in [7, 11) is 1.71. The lowest BCUT2D eigenvalue weighted by atomic mass is 10.2. The summed E-state index contributed by atoms with van der Waals surface area (Å²) in [6.45, 7) is 9.78. The maximum Gasteiger partial charge on any atom is 0.0700 e. The highest BCUT2D eigenvalue weighted by Crippen LogP contribution is 2.48. The number of benzene rings is 2. The van der Waals surface area contributed by atoms with Crippen LogP contribution in [0.4, 0.5) is 11.4 Å². The number of para-hydroxylation sites is 1. The van der Waals surface area contributed by atoms with Crippen molar-refractivity contribution in [2.75, 3.05) is 77.6 Å². The molecular formula is C24H32ClN3O2S. The molecule has 0 aromatic heterocycles. The van der Waals surface area contributed by atoms with Gasteiger partial charge in [0.1, 0.15) is 0 Å². The first-order valence-corrected chi connectivity index (χ1v) is 12.3. The fourth-order valence-corrected chi connectivity index (χ4v) is 5.41. The van der Waals surface area contributed by atoms with Crippen molar-refractivity contribution < 1.29 is 9.47 Å². The molecule has 0 saturated carbocycles. The monoisotopic (exact) mass is 461 g/mol. The second-order valence-electron chi connectivity index (χ2n) is 7.98. The van der Waals surface area contributed by atoms with E-state index in [0.29, 0.717) is 13.2 Å². The molecular weight excluding hydrogens is 430 g/mol. The van der Waals surface area contributed by atoms with Crippen LogP contribution in [0.15, 0.2) is 52.3 Å². The number of piperazine rings is 1. The normalized spacial score (nSPS) is 16.9. The minimum Gasteiger partial charge on any atom is -0.382 e. The maximum absolute atomic E-state index is 6.34. The highest BCUT2D eigenvalue weighted by Gasteiger charge is 2.23. The molecule has 2 heterocycles. The highest BCUT2D eigenvalue weighted by molar-refractivity contribution is 7.99. The van der Waals surface area contributed by atoms with Gasteiger partial charge in [0.2, 0.25) is 0 Å². The average Bonchev–Trinajstić information content (AvgIpc) is 2.80. The summed E-state index contributed by atoms with van der Waals surface area (Å²) in [6, 6.07) is 14.9. The van der Waals surface area contributed by atoms with E-state index in [2.05, 4.69) is 51.1 Å². The Labute approximate surface area is 195 Å². The number of anilines is 2. The molecule has 1 fully saturated rings. The number of nitrogens with zero attached hydrogens (tertiary/aromatic N) is 3. The van der Waals surface area contributed by atoms with Crippen molar-refractivity contribution in [2.45, 2.75) is 16.2 Å². The van der Waals surface area contributed by atoms with Gasteiger partial charge in [0.15, 0.2) is 0 Å². The van der Waals surface area contributed by atoms with Crippen LogP contribution in [-0.4, -0.2) is 82.5 Å². The molecule has 0 unspecified atom stereocenters. The SMILES string of the molecule is COCCOCCN1CCN(CCCN2c3ccccc3Sc3ccc(Cl)cc32)CC1. The van der Waals surface area contributed by atoms with Crippen molar-refractivity contribution in [1.82, 2.24) is 9.80 Å². The van der Waals surface area contributed by atoms with Crippen molar-refractivity contribution in [3.63, 3.8) is 0 Å². The van der Waals surface area contributed by atoms with Crippen LogP contribution in [0.25, 0.3) is 0 Å². The third-order valence-electron chi connectivity index (χ3n) is 5.89. The molecule has 2 aliphatic heterocycles. The highest BCUT2D eigenvalue weighted by atomic mass is 35.5. The summed E-state index contributed by atoms with van der Waals surface area (Å²) >= 11 is 8.17. The van der Waals surface area contributed by atoms with E-state index >= 15 is 0 Å². The molecule has 0 amide bonds. The first-order valence-electron chi connectivity index (χ1n) is 11.1. The average molecular weight is 462 g/mol. The minimum absolute atomic E-state index is 0.671. The van der Waals surface area contributed by atoms with Gasteiger partial charge >= 0.3 is 0 Å². The number of hydrogen-bond acceptors (Lipinski definition) is 6. The third kappa shape index (κ3) is 6.15. The van der Waals surface area contributed by atoms with Crippen LogP contribution in [-0.2, 0) is 9.47 Å². The summed E-state index contributed by atoms with van der Waals surface area (Å²) in [6.07, 6.45) is 1.13. The summed E-state index contributed by atoms with van der Waals surface area (Å²) in [5, 5.41) is 0.797. The molecule has 168 valence electrons. The zero-order valence-corrected chi connectivity index (χ0v) is 19.8. The van der Waals surface area contributed by atoms with Gasteiger partial charge in [0.05, 0.1) is 31.2 Å². The number of halogens is 1. The molecule has 4 rings (SSSR count). The smallest absolute Gasteiger partial charge is 0.0700 e. The van der Waals surface area contributed by atoms with Gasteiger partial charge in [-0.15, -0.1) is 0 Å². The Morgan fingerprint density at radius 2 is 1.58 bits per heavy atom. The molecule has 31 heavy (non-hydrogen) atoms. The largest absolute Gasteiger partial charge is 0.382 e. The second-order valence-corrected chi connectivity index (χ2v) is 9.50. The molecule has 0 bridgehead atoms. The zero-order chi connectivity index (χ0) is 21.5. The van der Waals surface area contributed by atoms with E-state index in [1.807, 2.05) is 17.8 Å². The van der Waals surface area contributed by atoms with Crippen molar-refractivity contribution in [3.05, 3.63) is 47.5 Å². The van der Waals surface area contributed by atoms with Crippen LogP contribution in [0.1, 0.15) is 6.42 Å². The molecule has 2 aromatic rings. The van der Waals surface area contributed by atoms with Gasteiger partial charge in [-0.2, -0.15) is 0 Å². The quantitative estimate of drug-likeness (QED) is 0.480. The first-order chi connectivity index (χ1) is 15.2. The third-order valence-corrected chi connectivity index (χ3v) is 7.26. The Balaban J connectivity index is 1.26. The Hall–Kier alpha value is -1.28. The number of methoxy groups -OCH3 is 1. The predicted octanol–water partition coefficient (Wildman–Crippen LogP) is 4.61. The summed E-state index contributed by atoms with van der Waals surface area (Å²) in [4.78, 5) is 10.1. The molecule has 0 atom stereocenters. The van der Waals surface area contributed by atoms with E-state index in [1.165, 1.54) is 21.2 Å². The first kappa shape index (κ1) is 22.9. The summed E-state index contributed by atoms with van der Waals surface area (Å²) in [5.74, 6) is 0. The van der Waals surface area contributed by atoms with Gasteiger partial charge in [0, 0.05) is 61.2 Å². The van der Waals surface area contributed by atoms with E-state index in [0.717, 1.165) is 63.9 Å². The van der Waals surface area contributed by atoms with E-state index < -0.39 is 0 Å². The van der Waals surface area contributed by atoms with Crippen LogP contribution in [0.5, 0.6) is 0 Å². The van der Waals surface area contributed by atoms with Crippen molar-refractivity contribution in [3.8, 4) is 0 Å². The van der Waals surface area contributed by atoms with Gasteiger partial charge in [-0.05, 0) is 43.3 Å². The number of hydrogen-bond donors (Lipinski definition) is 0. The fraction of sp³-hybridized carbons (Fsp3) is 0.500. The van der Waals surface area contributed by atoms with Gasteiger partial charge < -0.3 is 19.3 Å². The van der Waals surface area contributed by atoms with E-state index in [1.54, 1.807) is 7.11 Å². The maximum atomic E-state index is 6.34. The molecule has 0 spiro atoms. The minimum atomic E-state index is 0.671. The number of rotatable bonds is 10. The van der Waals surface area contributed by atoms with Gasteiger partial charge in [-0.3, -0.25) is 4.90 Å². The Kier molecular flexibility index (Phi) is 8.53. The second kappa shape index (κ2) is 11.5. The molecule has 2 aromatic carbocycles. The van der Waals surface area contributed by atoms with Crippen molar-refractivity contribution >= 4 is 34.7 Å². The Morgan fingerprint density at radius 3 is 2.39 bits per heavy atom. The standard InChI is InChI=1S/C24H32ClN3O2S/c1-29-17-18-30-16-15-27-13-11-26(12-14-27)9-4-10-28-21-5-2-3-6-23(21)31-24-8-7-20(25)19-22(24)28/h2-3,5-8,19H,4,9-18H2,1H3. The lowest BCUT2D eigenvalue weighted by Gasteiger charge is -2.36. The van der Waals surface area contributed by atoms with Crippen LogP contribution in [0, 0.1) is 0 Å². The molecule has 2 aliphatic rings. The van der Waals surface area contributed by atoms with Crippen LogP contribution >= 0.6 is 23.4 Å². The van der Waals surface area contributed by atoms with Gasteiger partial charge in [0.25, 0.3) is 0 Å². The zero-order valence-electron chi connectivity index (χ0n) is 18.3. The molecule has 7 heteroatoms. The summed E-state index contributed by atoms with van der Waals surface area (Å²) < 4.78 is 10.6. The molecule has 0 N–H and O–H groups in total. The van der Waals surface area contributed by atoms with Crippen LogP contribution in [0.2, 0.25) is 5.02 Å². The van der Waals surface area contributed by atoms with Crippen LogP contribution in [0.3, 0.4) is 0 Å². The Bertz CT molecular complexity index is 845. The molecule has 1 saturated heterocycles.